The zero-order chi connectivity index (χ0) is 68.4. The summed E-state index contributed by atoms with van der Waals surface area (Å²) in [4.78, 5) is 27.3. The van der Waals surface area contributed by atoms with Gasteiger partial charge in [-0.2, -0.15) is 0 Å². The third-order valence-electron chi connectivity index (χ3n) is 23.5. The summed E-state index contributed by atoms with van der Waals surface area (Å²) in [6.07, 6.45) is 9.61. The number of unbranched alkanes of at least 4 members (excludes halogenated alkanes) is 1. The number of alkyl halides is 1. The second kappa shape index (κ2) is 31.0. The van der Waals surface area contributed by atoms with Crippen LogP contribution in [0, 0.1) is 11.8 Å². The molecule has 5 aliphatic heterocycles. The van der Waals surface area contributed by atoms with Gasteiger partial charge in [0.15, 0.2) is 41.6 Å². The first-order chi connectivity index (χ1) is 41.0. The van der Waals surface area contributed by atoms with Crippen LogP contribution < -0.4 is 0 Å². The summed E-state index contributed by atoms with van der Waals surface area (Å²) in [6, 6.07) is 0. The van der Waals surface area contributed by atoms with Crippen LogP contribution in [0.4, 0.5) is 0 Å². The number of aliphatic hydroxyl groups is 1. The molecule has 0 aromatic heterocycles. The Balaban J connectivity index is 1.44. The normalized spacial score (nSPS) is 31.5. The lowest BCUT2D eigenvalue weighted by Gasteiger charge is -2.56. The van der Waals surface area contributed by atoms with Crippen LogP contribution in [0.1, 0.15) is 194 Å². The molecule has 5 aliphatic rings. The molecule has 0 aromatic rings. The molecule has 524 valence electrons. The van der Waals surface area contributed by atoms with E-state index in [-0.39, 0.29) is 104 Å². The smallest absolute Gasteiger partial charge is 0.193 e. The van der Waals surface area contributed by atoms with Crippen LogP contribution >= 0.6 is 22.6 Å². The van der Waals surface area contributed by atoms with Crippen LogP contribution in [-0.2, 0) is 60.1 Å². The molecule has 17 atom stereocenters. The largest absolute Gasteiger partial charge is 0.513 e. The number of fused-ring (bicyclic) bond motifs is 2. The molecule has 5 unspecified atom stereocenters. The highest BCUT2D eigenvalue weighted by Crippen LogP contribution is 2.50. The van der Waals surface area contributed by atoms with E-state index in [1.807, 2.05) is 6.92 Å². The summed E-state index contributed by atoms with van der Waals surface area (Å²) in [5.41, 5.74) is -0.309. The zero-order valence-electron chi connectivity index (χ0n) is 61.9. The number of halogens is 1. The minimum absolute atomic E-state index is 0.00549. The van der Waals surface area contributed by atoms with E-state index < -0.39 is 96.5 Å². The molecule has 5 rings (SSSR count). The molecule has 0 aromatic carbocycles. The van der Waals surface area contributed by atoms with Gasteiger partial charge in [0.2, 0.25) is 0 Å². The number of aliphatic hydroxyl groups excluding tert-OH is 1. The lowest BCUT2D eigenvalue weighted by molar-refractivity contribution is -0.266. The molecule has 0 spiro atoms. The number of carbonyl (C=O) groups excluding carboxylic acids is 2. The van der Waals surface area contributed by atoms with E-state index in [0.717, 1.165) is 55.7 Å². The van der Waals surface area contributed by atoms with Gasteiger partial charge in [-0.05, 0) is 142 Å². The molecule has 0 saturated carbocycles. The number of ketones is 1. The van der Waals surface area contributed by atoms with Crippen LogP contribution in [0.15, 0.2) is 24.5 Å². The van der Waals surface area contributed by atoms with Crippen LogP contribution in [0.5, 0.6) is 0 Å². The SMILES string of the molecule is C=C(O)[C@H](C)CC1CC[C@@H]2O[C@@H](CCC/C=C/[C@H](O[Si](C)(C)C(C)(C)C)[C@@H]3O[C@H]4CC[C@H](CC(=O)C[C@H]5[C@H](CC=O)OC(C[C@@H](CO[Si](C)(C)C(C)(C)C)O[Si](C)(C)C(C)(C)C)[C@@H]5OC)O[C@@H]4C(O[Si](C)(C)C(C)(C)C)C3O[Si](C)(C)C(C)(C)C)CC2(CI)O1. The lowest BCUT2D eigenvalue weighted by Crippen LogP contribution is -2.69. The molecule has 5 heterocycles. The molecular formula is C70H133IO14Si5. The molecule has 0 aliphatic carbocycles. The summed E-state index contributed by atoms with van der Waals surface area (Å²) in [5, 5.41) is 9.73. The Morgan fingerprint density at radius 2 is 1.22 bits per heavy atom. The van der Waals surface area contributed by atoms with E-state index in [9.17, 15) is 14.7 Å². The van der Waals surface area contributed by atoms with Crippen molar-refractivity contribution >= 4 is 76.2 Å². The number of Topliss-reactive ketones (excluding diaryl/α,β-unsaturated/α-hetero) is 1. The molecule has 5 fully saturated rings. The number of methoxy groups -OCH3 is 1. The molecular weight excluding hydrogens is 1330 g/mol. The Kier molecular flexibility index (Phi) is 27.8. The van der Waals surface area contributed by atoms with Crippen molar-refractivity contribution in [2.24, 2.45) is 11.8 Å². The highest BCUT2D eigenvalue weighted by Gasteiger charge is 2.59. The quantitative estimate of drug-likeness (QED) is 0.0138. The van der Waals surface area contributed by atoms with E-state index in [2.05, 4.69) is 211 Å². The van der Waals surface area contributed by atoms with Crippen LogP contribution in [0.3, 0.4) is 0 Å². The van der Waals surface area contributed by atoms with Crippen molar-refractivity contribution < 1.29 is 65.2 Å². The van der Waals surface area contributed by atoms with Crippen molar-refractivity contribution in [3.05, 3.63) is 24.5 Å². The summed E-state index contributed by atoms with van der Waals surface area (Å²) >= 11 is 2.48. The minimum Gasteiger partial charge on any atom is -0.513 e. The third-order valence-corrected chi connectivity index (χ3v) is 47.2. The predicted octanol–water partition coefficient (Wildman–Crippen LogP) is 17.9. The summed E-state index contributed by atoms with van der Waals surface area (Å²) in [6.45, 7) is 63.4. The van der Waals surface area contributed by atoms with Gasteiger partial charge in [0.25, 0.3) is 0 Å². The molecule has 90 heavy (non-hydrogen) atoms. The first-order valence-corrected chi connectivity index (χ1v) is 50.8. The fourth-order valence-electron chi connectivity index (χ4n) is 12.4. The van der Waals surface area contributed by atoms with E-state index >= 15 is 0 Å². The molecule has 0 bridgehead atoms. The molecule has 20 heteroatoms. The van der Waals surface area contributed by atoms with Gasteiger partial charge in [-0.25, -0.2) is 0 Å². The van der Waals surface area contributed by atoms with Crippen molar-refractivity contribution in [1.82, 2.24) is 0 Å². The first kappa shape index (κ1) is 80.7. The Morgan fingerprint density at radius 3 is 1.76 bits per heavy atom. The van der Waals surface area contributed by atoms with Gasteiger partial charge in [0, 0.05) is 55.5 Å². The minimum atomic E-state index is -2.56. The lowest BCUT2D eigenvalue weighted by atomic mass is 9.85. The van der Waals surface area contributed by atoms with Gasteiger partial charge in [0.1, 0.15) is 42.1 Å². The number of allylic oxidation sites excluding steroid dienone is 2. The molecule has 14 nitrogen and oxygen atoms in total. The van der Waals surface area contributed by atoms with Crippen LogP contribution in [0.25, 0.3) is 0 Å². The number of rotatable bonds is 30. The van der Waals surface area contributed by atoms with Crippen LogP contribution in [-0.4, -0.2) is 168 Å². The van der Waals surface area contributed by atoms with E-state index in [0.29, 0.717) is 25.9 Å². The average Bonchev–Trinajstić information content (AvgIpc) is 0.889. The third kappa shape index (κ3) is 20.3. The van der Waals surface area contributed by atoms with Crippen molar-refractivity contribution in [2.45, 2.75) is 376 Å². The maximum atomic E-state index is 14.9. The Labute approximate surface area is 568 Å². The van der Waals surface area contributed by atoms with Crippen molar-refractivity contribution in [1.29, 1.82) is 0 Å². The van der Waals surface area contributed by atoms with Gasteiger partial charge in [-0.3, -0.25) is 4.79 Å². The van der Waals surface area contributed by atoms with Gasteiger partial charge in [-0.1, -0.05) is 152 Å². The summed E-state index contributed by atoms with van der Waals surface area (Å²) < 4.78 is 79.9. The second-order valence-corrected chi connectivity index (χ2v) is 60.3. The second-order valence-electron chi connectivity index (χ2n) is 35.7. The average molecular weight is 1470 g/mol. The van der Waals surface area contributed by atoms with Gasteiger partial charge >= 0.3 is 0 Å². The number of hydrogen-bond acceptors (Lipinski definition) is 14. The maximum Gasteiger partial charge on any atom is 0.193 e. The number of aldehydes is 1. The zero-order valence-corrected chi connectivity index (χ0v) is 69.1. The van der Waals surface area contributed by atoms with Gasteiger partial charge < -0.3 is 60.5 Å². The molecule has 5 saturated heterocycles. The summed E-state index contributed by atoms with van der Waals surface area (Å²) in [7, 11) is -10.3. The van der Waals surface area contributed by atoms with Gasteiger partial charge in [-0.15, -0.1) is 0 Å². The Morgan fingerprint density at radius 1 is 0.667 bits per heavy atom. The molecule has 0 radical (unpaired) electrons. The Bertz CT molecular complexity index is 2350. The van der Waals surface area contributed by atoms with Crippen molar-refractivity contribution in [3.63, 3.8) is 0 Å². The fourth-order valence-corrected chi connectivity index (χ4v) is 19.6. The van der Waals surface area contributed by atoms with E-state index in [1.165, 1.54) is 0 Å². The first-order valence-electron chi connectivity index (χ1n) is 34.7. The van der Waals surface area contributed by atoms with Crippen LogP contribution in [0.2, 0.25) is 90.7 Å². The number of ether oxygens (including phenoxy) is 6. The van der Waals surface area contributed by atoms with Crippen molar-refractivity contribution in [2.75, 3.05) is 18.1 Å². The number of hydrogen-bond donors (Lipinski definition) is 1. The monoisotopic (exact) mass is 1460 g/mol. The molecule has 1 N–H and O–H groups in total. The maximum absolute atomic E-state index is 14.9. The highest BCUT2D eigenvalue weighted by atomic mass is 127. The molecule has 0 amide bonds. The predicted molar refractivity (Wildman–Crippen MR) is 388 cm³/mol. The van der Waals surface area contributed by atoms with E-state index in [4.69, 9.17) is 50.6 Å². The standard InChI is InChI=1S/C70H133IO14Si5/c1-47(48(2)73)40-51-35-37-59-70(46-71,81-51)44-52(77-59)32-30-29-31-33-57(83-88(23,24)67(9,10)11)62-64(85-90(27,28)69(15,16)17)63(84-89(25,26)68(12,13)14)61-56(80-62)36-34-50(78-61)41-49(74)42-54-55(38-39-72)79-58(60(54)75-18)43-53(82-87(21,22)66(6,7)8)45-76-86(19,20)65(3,4)5/h31,33,39,47,50-64,73H,2,29-30,32,34-38,40-46H2,1,3-28H3/b33-31+/t47-,50-,51?,52+,53+,54+,55+,56+,57+,58?,59+,60-,61+,62+,63?,64?,70?/m1/s1. The topological polar surface area (TPSA) is 156 Å². The van der Waals surface area contributed by atoms with E-state index in [1.54, 1.807) is 7.11 Å². The highest BCUT2D eigenvalue weighted by molar-refractivity contribution is 14.1. The Hall–Kier alpha value is -0.00558. The fraction of sp³-hybridized carbons (Fsp3) is 0.914. The van der Waals surface area contributed by atoms with Crippen molar-refractivity contribution in [3.8, 4) is 0 Å². The van der Waals surface area contributed by atoms with Gasteiger partial charge in [0.05, 0.1) is 73.4 Å². The number of carbonyl (C=O) groups is 2. The summed E-state index contributed by atoms with van der Waals surface area (Å²) in [5.74, 6) is -0.0657.